The highest BCUT2D eigenvalue weighted by atomic mass is 15.1. The summed E-state index contributed by atoms with van der Waals surface area (Å²) in [5.41, 5.74) is 5.87. The Kier molecular flexibility index (Phi) is 3.38. The predicted octanol–water partition coefficient (Wildman–Crippen LogP) is 3.78. The zero-order chi connectivity index (χ0) is 13.9. The molecule has 0 spiro atoms. The van der Waals surface area contributed by atoms with Gasteiger partial charge in [0.05, 0.1) is 6.54 Å². The van der Waals surface area contributed by atoms with Crippen molar-refractivity contribution in [2.24, 2.45) is 4.99 Å². The van der Waals surface area contributed by atoms with Gasteiger partial charge in [0.15, 0.2) is 0 Å². The molecule has 0 bridgehead atoms. The normalized spacial score (nSPS) is 14.1. The van der Waals surface area contributed by atoms with Crippen LogP contribution in [0.3, 0.4) is 0 Å². The van der Waals surface area contributed by atoms with Crippen molar-refractivity contribution in [1.29, 1.82) is 0 Å². The molecule has 1 aliphatic rings. The van der Waals surface area contributed by atoms with Crippen molar-refractivity contribution in [2.75, 3.05) is 6.54 Å². The molecule has 0 aromatic heterocycles. The highest BCUT2D eigenvalue weighted by Gasteiger charge is 2.14. The fourth-order valence-electron chi connectivity index (χ4n) is 2.43. The van der Waals surface area contributed by atoms with E-state index >= 15 is 0 Å². The number of hydrogen-bond donors (Lipinski definition) is 1. The van der Waals surface area contributed by atoms with Crippen molar-refractivity contribution in [3.8, 4) is 11.1 Å². The maximum absolute atomic E-state index is 4.51. The van der Waals surface area contributed by atoms with Crippen LogP contribution in [0, 0.1) is 0 Å². The molecule has 2 nitrogen and oxygen atoms in total. The van der Waals surface area contributed by atoms with Crippen LogP contribution < -0.4 is 5.32 Å². The number of aryl methyl sites for hydroxylation is 1. The van der Waals surface area contributed by atoms with Gasteiger partial charge in [-0.2, -0.15) is 0 Å². The Morgan fingerprint density at radius 3 is 2.35 bits per heavy atom. The summed E-state index contributed by atoms with van der Waals surface area (Å²) in [5.74, 6) is 0.921. The van der Waals surface area contributed by atoms with Gasteiger partial charge < -0.3 is 5.32 Å². The van der Waals surface area contributed by atoms with Crippen molar-refractivity contribution < 1.29 is 0 Å². The zero-order valence-electron chi connectivity index (χ0n) is 11.7. The maximum atomic E-state index is 4.51. The van der Waals surface area contributed by atoms with Crippen molar-refractivity contribution in [1.82, 2.24) is 5.32 Å². The van der Waals surface area contributed by atoms with Crippen LogP contribution in [0.25, 0.3) is 11.1 Å². The van der Waals surface area contributed by atoms with Gasteiger partial charge in [0.2, 0.25) is 0 Å². The fraction of sp³-hybridized carbons (Fsp3) is 0.167. The molecule has 0 atom stereocenters. The van der Waals surface area contributed by atoms with Gasteiger partial charge in [0, 0.05) is 11.3 Å². The van der Waals surface area contributed by atoms with Gasteiger partial charge in [0.1, 0.15) is 5.84 Å². The van der Waals surface area contributed by atoms with E-state index in [9.17, 15) is 0 Å². The quantitative estimate of drug-likeness (QED) is 0.894. The minimum Gasteiger partial charge on any atom is -0.342 e. The minimum atomic E-state index is 0.665. The van der Waals surface area contributed by atoms with Gasteiger partial charge in [-0.3, -0.25) is 4.99 Å². The Morgan fingerprint density at radius 2 is 1.75 bits per heavy atom. The number of hydrogen-bond acceptors (Lipinski definition) is 2. The van der Waals surface area contributed by atoms with E-state index in [2.05, 4.69) is 66.3 Å². The first-order chi connectivity index (χ1) is 9.78. The van der Waals surface area contributed by atoms with E-state index in [1.54, 1.807) is 0 Å². The maximum Gasteiger partial charge on any atom is 0.133 e. The third-order valence-electron chi connectivity index (χ3n) is 3.58. The molecule has 0 saturated carbocycles. The second kappa shape index (κ2) is 5.33. The first-order valence-electron chi connectivity index (χ1n) is 6.96. The monoisotopic (exact) mass is 262 g/mol. The standard InChI is InChI=1S/C18H18N2/c1-3-14-8-10-15(11-9-14)16-6-4-5-7-17(16)18-19-12-13(2)20-18/h4-11H,2-3,12H2,1H3,(H,19,20). The number of amidine groups is 1. The fourth-order valence-corrected chi connectivity index (χ4v) is 2.43. The largest absolute Gasteiger partial charge is 0.342 e. The van der Waals surface area contributed by atoms with Crippen molar-refractivity contribution in [2.45, 2.75) is 13.3 Å². The van der Waals surface area contributed by atoms with E-state index in [0.29, 0.717) is 6.54 Å². The van der Waals surface area contributed by atoms with Gasteiger partial charge in [-0.1, -0.05) is 62.0 Å². The summed E-state index contributed by atoms with van der Waals surface area (Å²) in [6.07, 6.45) is 1.07. The topological polar surface area (TPSA) is 24.4 Å². The van der Waals surface area contributed by atoms with Crippen molar-refractivity contribution >= 4 is 5.84 Å². The van der Waals surface area contributed by atoms with Gasteiger partial charge in [-0.05, 0) is 23.1 Å². The molecule has 20 heavy (non-hydrogen) atoms. The molecule has 1 heterocycles. The minimum absolute atomic E-state index is 0.665. The average molecular weight is 262 g/mol. The molecule has 0 fully saturated rings. The third-order valence-corrected chi connectivity index (χ3v) is 3.58. The molecular formula is C18H18N2. The predicted molar refractivity (Wildman–Crippen MR) is 84.9 cm³/mol. The molecule has 0 radical (unpaired) electrons. The van der Waals surface area contributed by atoms with E-state index in [-0.39, 0.29) is 0 Å². The van der Waals surface area contributed by atoms with Crippen LogP contribution in [0.15, 0.2) is 65.8 Å². The number of rotatable bonds is 3. The van der Waals surface area contributed by atoms with Crippen LogP contribution in [0.2, 0.25) is 0 Å². The lowest BCUT2D eigenvalue weighted by Crippen LogP contribution is -2.18. The Hall–Kier alpha value is -2.35. The lowest BCUT2D eigenvalue weighted by Gasteiger charge is -2.11. The summed E-state index contributed by atoms with van der Waals surface area (Å²) >= 11 is 0. The molecule has 100 valence electrons. The third kappa shape index (κ3) is 2.37. The number of nitrogens with one attached hydrogen (secondary N) is 1. The van der Waals surface area contributed by atoms with Gasteiger partial charge in [-0.15, -0.1) is 0 Å². The van der Waals surface area contributed by atoms with Crippen LogP contribution in [0.4, 0.5) is 0 Å². The summed E-state index contributed by atoms with van der Waals surface area (Å²) < 4.78 is 0. The molecule has 1 N–H and O–H groups in total. The molecule has 2 aromatic carbocycles. The molecule has 0 aliphatic carbocycles. The van der Waals surface area contributed by atoms with E-state index in [4.69, 9.17) is 0 Å². The van der Waals surface area contributed by atoms with Gasteiger partial charge in [0.25, 0.3) is 0 Å². The van der Waals surface area contributed by atoms with Crippen molar-refractivity contribution in [3.63, 3.8) is 0 Å². The highest BCUT2D eigenvalue weighted by Crippen LogP contribution is 2.25. The van der Waals surface area contributed by atoms with Crippen LogP contribution in [-0.4, -0.2) is 12.4 Å². The zero-order valence-corrected chi connectivity index (χ0v) is 11.7. The molecular weight excluding hydrogens is 244 g/mol. The first kappa shape index (κ1) is 12.7. The lowest BCUT2D eigenvalue weighted by atomic mass is 9.97. The molecule has 2 aromatic rings. The lowest BCUT2D eigenvalue weighted by molar-refractivity contribution is 1.12. The molecule has 3 rings (SSSR count). The van der Waals surface area contributed by atoms with E-state index in [1.165, 1.54) is 16.7 Å². The second-order valence-electron chi connectivity index (χ2n) is 4.99. The van der Waals surface area contributed by atoms with Crippen LogP contribution in [-0.2, 0) is 6.42 Å². The number of aliphatic imine (C=N–C) groups is 1. The molecule has 2 heteroatoms. The Labute approximate surface area is 119 Å². The van der Waals surface area contributed by atoms with Gasteiger partial charge >= 0.3 is 0 Å². The van der Waals surface area contributed by atoms with E-state index in [0.717, 1.165) is 23.5 Å². The molecule has 0 unspecified atom stereocenters. The second-order valence-corrected chi connectivity index (χ2v) is 4.99. The van der Waals surface area contributed by atoms with Gasteiger partial charge in [-0.25, -0.2) is 0 Å². The number of benzene rings is 2. The summed E-state index contributed by atoms with van der Waals surface area (Å²) in [6.45, 7) is 6.77. The van der Waals surface area contributed by atoms with Crippen LogP contribution >= 0.6 is 0 Å². The Bertz CT molecular complexity index is 666. The molecule has 0 amide bonds. The summed E-state index contributed by atoms with van der Waals surface area (Å²) in [7, 11) is 0. The van der Waals surface area contributed by atoms with Crippen LogP contribution in [0.1, 0.15) is 18.1 Å². The summed E-state index contributed by atoms with van der Waals surface area (Å²) in [5, 5.41) is 3.26. The Balaban J connectivity index is 2.03. The number of nitrogens with zero attached hydrogens (tertiary/aromatic N) is 1. The molecule has 1 aliphatic heterocycles. The summed E-state index contributed by atoms with van der Waals surface area (Å²) in [4.78, 5) is 4.51. The Morgan fingerprint density at radius 1 is 1.05 bits per heavy atom. The molecule has 0 saturated heterocycles. The first-order valence-corrected chi connectivity index (χ1v) is 6.96. The van der Waals surface area contributed by atoms with Crippen molar-refractivity contribution in [3.05, 3.63) is 71.9 Å². The van der Waals surface area contributed by atoms with Crippen LogP contribution in [0.5, 0.6) is 0 Å². The highest BCUT2D eigenvalue weighted by molar-refractivity contribution is 6.06. The van der Waals surface area contributed by atoms with E-state index < -0.39 is 0 Å². The smallest absolute Gasteiger partial charge is 0.133 e. The summed E-state index contributed by atoms with van der Waals surface area (Å²) in [6, 6.07) is 17.1. The van der Waals surface area contributed by atoms with E-state index in [1.807, 2.05) is 6.07 Å². The SMILES string of the molecule is C=C1CN=C(c2ccccc2-c2ccc(CC)cc2)N1. The average Bonchev–Trinajstić information content (AvgIpc) is 2.94.